The molecule has 1 aromatic rings. The van der Waals surface area contributed by atoms with Gasteiger partial charge in [0.25, 0.3) is 0 Å². The van der Waals surface area contributed by atoms with E-state index in [1.165, 1.54) is 10.9 Å². The Labute approximate surface area is 110 Å². The van der Waals surface area contributed by atoms with Crippen molar-refractivity contribution in [1.29, 1.82) is 0 Å². The van der Waals surface area contributed by atoms with Gasteiger partial charge in [-0.3, -0.25) is 4.57 Å². The van der Waals surface area contributed by atoms with Crippen LogP contribution in [0, 0.1) is 5.82 Å². The highest BCUT2D eigenvalue weighted by atomic mass is 19.1. The van der Waals surface area contributed by atoms with Crippen molar-refractivity contribution in [2.75, 3.05) is 14.1 Å². The number of aliphatic hydroxyl groups is 1. The zero-order valence-electron chi connectivity index (χ0n) is 11.0. The molecule has 2 rings (SSSR count). The summed E-state index contributed by atoms with van der Waals surface area (Å²) >= 11 is 0. The van der Waals surface area contributed by atoms with Gasteiger partial charge in [-0.2, -0.15) is 4.98 Å². The van der Waals surface area contributed by atoms with E-state index in [9.17, 15) is 14.3 Å². The summed E-state index contributed by atoms with van der Waals surface area (Å²) in [6, 6.07) is -0.184. The van der Waals surface area contributed by atoms with Gasteiger partial charge in [-0.15, -0.1) is 0 Å². The second-order valence-corrected chi connectivity index (χ2v) is 4.93. The zero-order chi connectivity index (χ0) is 14.0. The molecule has 19 heavy (non-hydrogen) atoms. The minimum Gasteiger partial charge on any atom is -0.393 e. The van der Waals surface area contributed by atoms with Crippen LogP contribution in [-0.4, -0.2) is 46.1 Å². The van der Waals surface area contributed by atoms with E-state index in [2.05, 4.69) is 9.98 Å². The molecule has 2 unspecified atom stereocenters. The van der Waals surface area contributed by atoms with Crippen molar-refractivity contribution >= 4 is 12.2 Å². The maximum Gasteiger partial charge on any atom is 0.350 e. The lowest BCUT2D eigenvalue weighted by molar-refractivity contribution is 0.177. The Morgan fingerprint density at radius 3 is 2.89 bits per heavy atom. The summed E-state index contributed by atoms with van der Waals surface area (Å²) in [6.07, 6.45) is 3.82. The molecular weight excluding hydrogens is 251 g/mol. The second-order valence-electron chi connectivity index (χ2n) is 4.93. The second kappa shape index (κ2) is 5.48. The van der Waals surface area contributed by atoms with Gasteiger partial charge in [-0.05, 0) is 19.3 Å². The van der Waals surface area contributed by atoms with Crippen molar-refractivity contribution in [1.82, 2.24) is 14.5 Å². The summed E-state index contributed by atoms with van der Waals surface area (Å²) in [6.45, 7) is 0. The number of hydrogen-bond donors (Lipinski definition) is 1. The molecule has 7 heteroatoms. The number of rotatable bonds is 3. The Kier molecular flexibility index (Phi) is 3.94. The van der Waals surface area contributed by atoms with Crippen molar-refractivity contribution in [3.8, 4) is 0 Å². The van der Waals surface area contributed by atoms with Gasteiger partial charge < -0.3 is 10.0 Å². The van der Waals surface area contributed by atoms with E-state index in [-0.39, 0.29) is 11.9 Å². The van der Waals surface area contributed by atoms with E-state index < -0.39 is 17.6 Å². The summed E-state index contributed by atoms with van der Waals surface area (Å²) in [5.74, 6) is -0.854. The molecule has 1 fully saturated rings. The summed E-state index contributed by atoms with van der Waals surface area (Å²) in [5, 5.41) is 9.46. The molecule has 104 valence electrons. The van der Waals surface area contributed by atoms with E-state index in [1.54, 1.807) is 19.0 Å². The first kappa shape index (κ1) is 13.7. The molecule has 1 saturated carbocycles. The molecule has 1 aliphatic carbocycles. The highest BCUT2D eigenvalue weighted by molar-refractivity contribution is 5.58. The van der Waals surface area contributed by atoms with Gasteiger partial charge in [0, 0.05) is 26.3 Å². The number of aliphatic hydroxyl groups excluding tert-OH is 1. The van der Waals surface area contributed by atoms with Gasteiger partial charge in [0.2, 0.25) is 0 Å². The largest absolute Gasteiger partial charge is 0.393 e. The van der Waals surface area contributed by atoms with Crippen LogP contribution in [0.1, 0.15) is 25.3 Å². The summed E-state index contributed by atoms with van der Waals surface area (Å²) < 4.78 is 15.1. The van der Waals surface area contributed by atoms with Gasteiger partial charge in [-0.25, -0.2) is 14.2 Å². The normalized spacial score (nSPS) is 23.2. The Bertz CT molecular complexity index is 541. The molecule has 0 amide bonds. The fourth-order valence-electron chi connectivity index (χ4n) is 2.15. The van der Waals surface area contributed by atoms with Crippen LogP contribution >= 0.6 is 0 Å². The van der Waals surface area contributed by atoms with Crippen LogP contribution in [0.3, 0.4) is 0 Å². The molecule has 0 saturated heterocycles. The molecule has 1 N–H and O–H groups in total. The van der Waals surface area contributed by atoms with E-state index >= 15 is 0 Å². The standard InChI is InChI=1S/C12H17FN4O2/c1-16(2)7-14-11-10(13)6-17(12(19)15-11)8-3-4-9(18)5-8/h6-9,18H,3-5H2,1-2H3. The maximum absolute atomic E-state index is 13.8. The first-order valence-corrected chi connectivity index (χ1v) is 6.14. The summed E-state index contributed by atoms with van der Waals surface area (Å²) in [4.78, 5) is 20.9. The lowest BCUT2D eigenvalue weighted by Gasteiger charge is -2.13. The van der Waals surface area contributed by atoms with Gasteiger partial charge in [0.15, 0.2) is 11.6 Å². The topological polar surface area (TPSA) is 70.7 Å². The predicted octanol–water partition coefficient (Wildman–Crippen LogP) is 0.690. The van der Waals surface area contributed by atoms with Crippen molar-refractivity contribution < 1.29 is 9.50 Å². The third-order valence-electron chi connectivity index (χ3n) is 3.07. The third-order valence-corrected chi connectivity index (χ3v) is 3.07. The maximum atomic E-state index is 13.8. The minimum atomic E-state index is -0.640. The molecule has 1 heterocycles. The van der Waals surface area contributed by atoms with E-state index in [1.807, 2.05) is 0 Å². The molecule has 0 spiro atoms. The van der Waals surface area contributed by atoms with Gasteiger partial charge in [-0.1, -0.05) is 0 Å². The van der Waals surface area contributed by atoms with Gasteiger partial charge >= 0.3 is 5.69 Å². The average Bonchev–Trinajstić information content (AvgIpc) is 2.76. The molecule has 0 aliphatic heterocycles. The first-order valence-electron chi connectivity index (χ1n) is 6.14. The monoisotopic (exact) mass is 268 g/mol. The fraction of sp³-hybridized carbons (Fsp3) is 0.583. The summed E-state index contributed by atoms with van der Waals surface area (Å²) in [7, 11) is 3.48. The number of halogens is 1. The number of aliphatic imine (C=N–C) groups is 1. The van der Waals surface area contributed by atoms with Crippen LogP contribution < -0.4 is 5.69 Å². The Balaban J connectivity index is 2.29. The van der Waals surface area contributed by atoms with Crippen LogP contribution in [0.15, 0.2) is 16.0 Å². The molecule has 6 nitrogen and oxygen atoms in total. The van der Waals surface area contributed by atoms with Gasteiger partial charge in [0.1, 0.15) is 0 Å². The molecular formula is C12H17FN4O2. The van der Waals surface area contributed by atoms with Crippen LogP contribution in [0.4, 0.5) is 10.2 Å². The average molecular weight is 268 g/mol. The van der Waals surface area contributed by atoms with Crippen LogP contribution in [0.25, 0.3) is 0 Å². The highest BCUT2D eigenvalue weighted by Crippen LogP contribution is 2.29. The lowest BCUT2D eigenvalue weighted by atomic mass is 10.2. The SMILES string of the molecule is CN(C)C=Nc1nc(=O)n(C2CCC(O)C2)cc1F. The van der Waals surface area contributed by atoms with E-state index in [0.717, 1.165) is 6.20 Å². The molecule has 1 aliphatic rings. The van der Waals surface area contributed by atoms with Crippen molar-refractivity contribution in [2.24, 2.45) is 4.99 Å². The van der Waals surface area contributed by atoms with Crippen LogP contribution in [-0.2, 0) is 0 Å². The number of nitrogens with zero attached hydrogens (tertiary/aromatic N) is 4. The molecule has 2 atom stereocenters. The number of aromatic nitrogens is 2. The number of hydrogen-bond acceptors (Lipinski definition) is 4. The van der Waals surface area contributed by atoms with E-state index in [4.69, 9.17) is 0 Å². The molecule has 0 bridgehead atoms. The predicted molar refractivity (Wildman–Crippen MR) is 69.2 cm³/mol. The molecule has 1 aromatic heterocycles. The Morgan fingerprint density at radius 1 is 1.58 bits per heavy atom. The summed E-state index contributed by atoms with van der Waals surface area (Å²) in [5.41, 5.74) is -0.536. The van der Waals surface area contributed by atoms with Gasteiger partial charge in [0.05, 0.1) is 12.4 Å². The molecule has 0 radical (unpaired) electrons. The smallest absolute Gasteiger partial charge is 0.350 e. The highest BCUT2D eigenvalue weighted by Gasteiger charge is 2.25. The minimum absolute atomic E-state index is 0.184. The third kappa shape index (κ3) is 3.17. The van der Waals surface area contributed by atoms with Crippen molar-refractivity contribution in [2.45, 2.75) is 31.4 Å². The van der Waals surface area contributed by atoms with E-state index in [0.29, 0.717) is 19.3 Å². The zero-order valence-corrected chi connectivity index (χ0v) is 11.0. The molecule has 0 aromatic carbocycles. The fourth-order valence-corrected chi connectivity index (χ4v) is 2.15. The van der Waals surface area contributed by atoms with Crippen molar-refractivity contribution in [3.63, 3.8) is 0 Å². The van der Waals surface area contributed by atoms with Crippen LogP contribution in [0.5, 0.6) is 0 Å². The quantitative estimate of drug-likeness (QED) is 0.647. The lowest BCUT2D eigenvalue weighted by Crippen LogP contribution is -2.26. The Hall–Kier alpha value is -1.76. The first-order chi connectivity index (χ1) is 8.97. The Morgan fingerprint density at radius 2 is 2.32 bits per heavy atom. The van der Waals surface area contributed by atoms with Crippen molar-refractivity contribution in [3.05, 3.63) is 22.5 Å². The van der Waals surface area contributed by atoms with Crippen LogP contribution in [0.2, 0.25) is 0 Å².